The number of hydrogen-bond donors (Lipinski definition) is 2. The first-order valence-electron chi connectivity index (χ1n) is 6.24. The fraction of sp³-hybridized carbons (Fsp3) is 0.429. The van der Waals surface area contributed by atoms with Gasteiger partial charge in [0.2, 0.25) is 0 Å². The van der Waals surface area contributed by atoms with Gasteiger partial charge in [-0.3, -0.25) is 9.59 Å². The van der Waals surface area contributed by atoms with Crippen LogP contribution in [-0.4, -0.2) is 30.1 Å². The van der Waals surface area contributed by atoms with E-state index in [0.717, 1.165) is 12.0 Å². The van der Waals surface area contributed by atoms with Crippen molar-refractivity contribution in [1.82, 2.24) is 5.32 Å². The van der Waals surface area contributed by atoms with Gasteiger partial charge in [-0.25, -0.2) is 0 Å². The maximum atomic E-state index is 11.4. The molecule has 0 saturated heterocycles. The van der Waals surface area contributed by atoms with Crippen LogP contribution >= 0.6 is 0 Å². The second kappa shape index (κ2) is 7.41. The Morgan fingerprint density at radius 1 is 1.37 bits per heavy atom. The maximum Gasteiger partial charge on any atom is 0.322 e. The van der Waals surface area contributed by atoms with Gasteiger partial charge in [0.15, 0.2) is 6.61 Å². The Labute approximate surface area is 112 Å². The van der Waals surface area contributed by atoms with Crippen LogP contribution < -0.4 is 10.1 Å². The number of carboxylic acid groups (broad SMARTS) is 1. The minimum atomic E-state index is -1.08. The largest absolute Gasteiger partial charge is 0.483 e. The van der Waals surface area contributed by atoms with E-state index in [9.17, 15) is 9.59 Å². The SMILES string of the molecule is CCC(C)c1ccccc1OCC(=O)NCC(=O)O. The van der Waals surface area contributed by atoms with Gasteiger partial charge in [-0.05, 0) is 24.0 Å². The predicted molar refractivity (Wildman–Crippen MR) is 71.3 cm³/mol. The number of para-hydroxylation sites is 1. The molecule has 0 spiro atoms. The van der Waals surface area contributed by atoms with Crippen LogP contribution in [0.4, 0.5) is 0 Å². The maximum absolute atomic E-state index is 11.4. The molecule has 0 fully saturated rings. The molecule has 1 amide bonds. The highest BCUT2D eigenvalue weighted by Crippen LogP contribution is 2.28. The van der Waals surface area contributed by atoms with Crippen LogP contribution in [0.15, 0.2) is 24.3 Å². The van der Waals surface area contributed by atoms with Crippen molar-refractivity contribution < 1.29 is 19.4 Å². The normalized spacial score (nSPS) is 11.7. The number of benzene rings is 1. The molecule has 0 aliphatic heterocycles. The first-order valence-corrected chi connectivity index (χ1v) is 6.24. The second-order valence-electron chi connectivity index (χ2n) is 4.31. The van der Waals surface area contributed by atoms with Gasteiger partial charge >= 0.3 is 5.97 Å². The highest BCUT2D eigenvalue weighted by molar-refractivity contribution is 5.82. The summed E-state index contributed by atoms with van der Waals surface area (Å²) >= 11 is 0. The lowest BCUT2D eigenvalue weighted by Gasteiger charge is -2.15. The third-order valence-corrected chi connectivity index (χ3v) is 2.86. The summed E-state index contributed by atoms with van der Waals surface area (Å²) in [6.07, 6.45) is 0.978. The standard InChI is InChI=1S/C14H19NO4/c1-3-10(2)11-6-4-5-7-12(11)19-9-13(16)15-8-14(17)18/h4-7,10H,3,8-9H2,1-2H3,(H,15,16)(H,17,18). The molecule has 104 valence electrons. The molecule has 1 aromatic rings. The Kier molecular flexibility index (Phi) is 5.85. The minimum absolute atomic E-state index is 0.180. The second-order valence-corrected chi connectivity index (χ2v) is 4.31. The zero-order chi connectivity index (χ0) is 14.3. The van der Waals surface area contributed by atoms with Gasteiger partial charge in [0.05, 0.1) is 0 Å². The van der Waals surface area contributed by atoms with E-state index in [4.69, 9.17) is 9.84 Å². The average Bonchev–Trinajstić information content (AvgIpc) is 2.42. The van der Waals surface area contributed by atoms with Crippen molar-refractivity contribution in [3.05, 3.63) is 29.8 Å². The summed E-state index contributed by atoms with van der Waals surface area (Å²) < 4.78 is 5.45. The highest BCUT2D eigenvalue weighted by atomic mass is 16.5. The molecule has 5 nitrogen and oxygen atoms in total. The third-order valence-electron chi connectivity index (χ3n) is 2.86. The molecule has 0 bridgehead atoms. The lowest BCUT2D eigenvalue weighted by atomic mass is 9.98. The fourth-order valence-corrected chi connectivity index (χ4v) is 1.61. The molecule has 0 aliphatic carbocycles. The molecule has 0 radical (unpaired) electrons. The van der Waals surface area contributed by atoms with E-state index in [1.165, 1.54) is 0 Å². The van der Waals surface area contributed by atoms with Crippen molar-refractivity contribution >= 4 is 11.9 Å². The summed E-state index contributed by atoms with van der Waals surface area (Å²) in [6.45, 7) is 3.60. The molecule has 1 aromatic carbocycles. The summed E-state index contributed by atoms with van der Waals surface area (Å²) in [5, 5.41) is 10.7. The molecule has 0 aliphatic rings. The van der Waals surface area contributed by atoms with Crippen LogP contribution in [-0.2, 0) is 9.59 Å². The van der Waals surface area contributed by atoms with Crippen molar-refractivity contribution in [3.63, 3.8) is 0 Å². The number of carboxylic acids is 1. The topological polar surface area (TPSA) is 75.6 Å². The van der Waals surface area contributed by atoms with Crippen molar-refractivity contribution in [2.45, 2.75) is 26.2 Å². The molecular weight excluding hydrogens is 246 g/mol. The van der Waals surface area contributed by atoms with Crippen molar-refractivity contribution in [2.75, 3.05) is 13.2 Å². The zero-order valence-electron chi connectivity index (χ0n) is 11.2. The smallest absolute Gasteiger partial charge is 0.322 e. The third kappa shape index (κ3) is 4.99. The average molecular weight is 265 g/mol. The summed E-state index contributed by atoms with van der Waals surface area (Å²) in [5.41, 5.74) is 1.05. The van der Waals surface area contributed by atoms with Crippen LogP contribution in [0.2, 0.25) is 0 Å². The molecule has 1 rings (SSSR count). The molecule has 0 saturated carbocycles. The minimum Gasteiger partial charge on any atom is -0.483 e. The van der Waals surface area contributed by atoms with Gasteiger partial charge in [0.1, 0.15) is 12.3 Å². The number of ether oxygens (including phenoxy) is 1. The molecule has 1 atom stereocenters. The summed E-state index contributed by atoms with van der Waals surface area (Å²) in [6, 6.07) is 7.56. The van der Waals surface area contributed by atoms with Crippen LogP contribution in [0.25, 0.3) is 0 Å². The molecule has 5 heteroatoms. The molecule has 1 unspecified atom stereocenters. The van der Waals surface area contributed by atoms with Crippen LogP contribution in [0.3, 0.4) is 0 Å². The Balaban J connectivity index is 2.57. The molecular formula is C14H19NO4. The zero-order valence-corrected chi connectivity index (χ0v) is 11.2. The number of carbonyl (C=O) groups is 2. The van der Waals surface area contributed by atoms with Gasteiger partial charge < -0.3 is 15.2 Å². The van der Waals surface area contributed by atoms with E-state index in [1.54, 1.807) is 0 Å². The van der Waals surface area contributed by atoms with E-state index >= 15 is 0 Å². The van der Waals surface area contributed by atoms with Crippen LogP contribution in [0.1, 0.15) is 31.7 Å². The molecule has 19 heavy (non-hydrogen) atoms. The van der Waals surface area contributed by atoms with Gasteiger partial charge in [0, 0.05) is 0 Å². The highest BCUT2D eigenvalue weighted by Gasteiger charge is 2.11. The lowest BCUT2D eigenvalue weighted by molar-refractivity contribution is -0.138. The monoisotopic (exact) mass is 265 g/mol. The Bertz CT molecular complexity index is 445. The number of aliphatic carboxylic acids is 1. The summed E-state index contributed by atoms with van der Waals surface area (Å²) in [4.78, 5) is 21.7. The van der Waals surface area contributed by atoms with E-state index in [-0.39, 0.29) is 6.61 Å². The number of carbonyl (C=O) groups excluding carboxylic acids is 1. The first-order chi connectivity index (χ1) is 9.04. The van der Waals surface area contributed by atoms with Crippen LogP contribution in [0, 0.1) is 0 Å². The van der Waals surface area contributed by atoms with Crippen LogP contribution in [0.5, 0.6) is 5.75 Å². The number of nitrogens with one attached hydrogen (secondary N) is 1. The van der Waals surface area contributed by atoms with Crippen molar-refractivity contribution in [1.29, 1.82) is 0 Å². The summed E-state index contributed by atoms with van der Waals surface area (Å²) in [5.74, 6) is -0.504. The Morgan fingerprint density at radius 3 is 2.68 bits per heavy atom. The fourth-order valence-electron chi connectivity index (χ4n) is 1.61. The Hall–Kier alpha value is -2.04. The summed E-state index contributed by atoms with van der Waals surface area (Å²) in [7, 11) is 0. The molecule has 0 aromatic heterocycles. The van der Waals surface area contributed by atoms with E-state index in [2.05, 4.69) is 19.2 Å². The number of rotatable bonds is 7. The quantitative estimate of drug-likeness (QED) is 0.788. The number of amides is 1. The molecule has 2 N–H and O–H groups in total. The van der Waals surface area contributed by atoms with Crippen molar-refractivity contribution in [2.24, 2.45) is 0 Å². The predicted octanol–water partition coefficient (Wildman–Crippen LogP) is 1.78. The van der Waals surface area contributed by atoms with Gasteiger partial charge in [-0.15, -0.1) is 0 Å². The first kappa shape index (κ1) is 15.0. The van der Waals surface area contributed by atoms with Gasteiger partial charge in [-0.2, -0.15) is 0 Å². The number of hydrogen-bond acceptors (Lipinski definition) is 3. The van der Waals surface area contributed by atoms with Gasteiger partial charge in [-0.1, -0.05) is 32.0 Å². The Morgan fingerprint density at radius 2 is 2.05 bits per heavy atom. The van der Waals surface area contributed by atoms with E-state index < -0.39 is 18.4 Å². The van der Waals surface area contributed by atoms with Crippen molar-refractivity contribution in [3.8, 4) is 5.75 Å². The van der Waals surface area contributed by atoms with E-state index in [1.807, 2.05) is 24.3 Å². The lowest BCUT2D eigenvalue weighted by Crippen LogP contribution is -2.33. The molecule has 0 heterocycles. The van der Waals surface area contributed by atoms with Gasteiger partial charge in [0.25, 0.3) is 5.91 Å². The van der Waals surface area contributed by atoms with E-state index in [0.29, 0.717) is 11.7 Å².